The van der Waals surface area contributed by atoms with Crippen LogP contribution in [0.2, 0.25) is 0 Å². The van der Waals surface area contributed by atoms with Crippen molar-refractivity contribution >= 4 is 6.03 Å². The Morgan fingerprint density at radius 1 is 1.22 bits per heavy atom. The van der Waals surface area contributed by atoms with Gasteiger partial charge in [-0.2, -0.15) is 0 Å². The molecule has 23 heavy (non-hydrogen) atoms. The van der Waals surface area contributed by atoms with Gasteiger partial charge in [-0.1, -0.05) is 13.0 Å². The van der Waals surface area contributed by atoms with E-state index < -0.39 is 0 Å². The Balaban J connectivity index is 2.68. The minimum Gasteiger partial charge on any atom is -0.493 e. The lowest BCUT2D eigenvalue weighted by atomic mass is 10.1. The summed E-state index contributed by atoms with van der Waals surface area (Å²) in [5, 5.41) is 14.5. The molecule has 0 heterocycles. The Kier molecular flexibility index (Phi) is 7.68. The van der Waals surface area contributed by atoms with Gasteiger partial charge in [-0.25, -0.2) is 4.79 Å². The zero-order valence-electron chi connectivity index (χ0n) is 14.6. The van der Waals surface area contributed by atoms with Crippen LogP contribution in [0.4, 0.5) is 4.79 Å². The van der Waals surface area contributed by atoms with Crippen LogP contribution in [0.25, 0.3) is 0 Å². The van der Waals surface area contributed by atoms with Crippen LogP contribution in [0.5, 0.6) is 11.5 Å². The molecule has 1 aromatic carbocycles. The highest BCUT2D eigenvalue weighted by Gasteiger charge is 2.14. The van der Waals surface area contributed by atoms with Crippen molar-refractivity contribution in [2.75, 3.05) is 20.3 Å². The third kappa shape index (κ3) is 6.36. The molecule has 0 fully saturated rings. The van der Waals surface area contributed by atoms with Crippen LogP contribution in [0.15, 0.2) is 18.2 Å². The third-order valence-electron chi connectivity index (χ3n) is 3.32. The van der Waals surface area contributed by atoms with Gasteiger partial charge >= 0.3 is 6.03 Å². The molecule has 0 saturated heterocycles. The number of nitrogens with one attached hydrogen (secondary N) is 2. The standard InChI is InChI=1S/C17H28N2O4/c1-11(2)23-15-7-6-14(8-16(15)22-5)13(4)19-17(21)18-9-12(3)10-20/h6-8,11-13,20H,9-10H2,1-5H3,(H2,18,19,21). The Labute approximate surface area is 138 Å². The summed E-state index contributed by atoms with van der Waals surface area (Å²) in [6.45, 7) is 8.14. The molecule has 0 saturated carbocycles. The maximum atomic E-state index is 11.9. The van der Waals surface area contributed by atoms with Crippen molar-refractivity contribution in [1.29, 1.82) is 0 Å². The molecule has 2 unspecified atom stereocenters. The lowest BCUT2D eigenvalue weighted by molar-refractivity contribution is 0.220. The maximum Gasteiger partial charge on any atom is 0.315 e. The van der Waals surface area contributed by atoms with Crippen LogP contribution in [0.3, 0.4) is 0 Å². The third-order valence-corrected chi connectivity index (χ3v) is 3.32. The molecule has 2 amide bonds. The fraction of sp³-hybridized carbons (Fsp3) is 0.588. The molecular weight excluding hydrogens is 296 g/mol. The fourth-order valence-electron chi connectivity index (χ4n) is 1.97. The highest BCUT2D eigenvalue weighted by Crippen LogP contribution is 2.31. The van der Waals surface area contributed by atoms with Gasteiger partial charge < -0.3 is 25.2 Å². The van der Waals surface area contributed by atoms with Crippen molar-refractivity contribution in [3.63, 3.8) is 0 Å². The molecule has 0 aromatic heterocycles. The lowest BCUT2D eigenvalue weighted by Crippen LogP contribution is -2.39. The summed E-state index contributed by atoms with van der Waals surface area (Å²) in [6, 6.07) is 5.17. The topological polar surface area (TPSA) is 79.8 Å². The summed E-state index contributed by atoms with van der Waals surface area (Å²) in [7, 11) is 1.59. The fourth-order valence-corrected chi connectivity index (χ4v) is 1.97. The molecular formula is C17H28N2O4. The van der Waals surface area contributed by atoms with Gasteiger partial charge in [-0.15, -0.1) is 0 Å². The van der Waals surface area contributed by atoms with Gasteiger partial charge in [0.05, 0.1) is 19.3 Å². The quantitative estimate of drug-likeness (QED) is 0.686. The van der Waals surface area contributed by atoms with Crippen molar-refractivity contribution in [3.05, 3.63) is 23.8 Å². The van der Waals surface area contributed by atoms with Gasteiger partial charge in [0.1, 0.15) is 0 Å². The van der Waals surface area contributed by atoms with Gasteiger partial charge in [-0.3, -0.25) is 0 Å². The number of hydrogen-bond acceptors (Lipinski definition) is 4. The first kappa shape index (κ1) is 19.1. The van der Waals surface area contributed by atoms with Crippen LogP contribution in [-0.4, -0.2) is 37.5 Å². The highest BCUT2D eigenvalue weighted by atomic mass is 16.5. The second-order valence-electron chi connectivity index (χ2n) is 5.94. The van der Waals surface area contributed by atoms with E-state index >= 15 is 0 Å². The largest absolute Gasteiger partial charge is 0.493 e. The summed E-state index contributed by atoms with van der Waals surface area (Å²) in [5.41, 5.74) is 0.920. The number of carbonyl (C=O) groups excluding carboxylic acids is 1. The number of hydrogen-bond donors (Lipinski definition) is 3. The van der Waals surface area contributed by atoms with E-state index in [2.05, 4.69) is 10.6 Å². The van der Waals surface area contributed by atoms with E-state index in [1.165, 1.54) is 0 Å². The summed E-state index contributed by atoms with van der Waals surface area (Å²) in [5.74, 6) is 1.35. The molecule has 0 aliphatic rings. The minimum atomic E-state index is -0.265. The molecule has 3 N–H and O–H groups in total. The van der Waals surface area contributed by atoms with Crippen LogP contribution in [-0.2, 0) is 0 Å². The number of aliphatic hydroxyl groups is 1. The molecule has 1 aromatic rings. The second-order valence-corrected chi connectivity index (χ2v) is 5.94. The predicted octanol–water partition coefficient (Wildman–Crippen LogP) is 2.47. The number of aliphatic hydroxyl groups excluding tert-OH is 1. The van der Waals surface area contributed by atoms with E-state index in [1.54, 1.807) is 7.11 Å². The zero-order valence-corrected chi connectivity index (χ0v) is 14.6. The number of benzene rings is 1. The number of amides is 2. The van der Waals surface area contributed by atoms with Crippen molar-refractivity contribution < 1.29 is 19.4 Å². The van der Waals surface area contributed by atoms with Crippen LogP contribution in [0.1, 0.15) is 39.3 Å². The van der Waals surface area contributed by atoms with Crippen molar-refractivity contribution in [3.8, 4) is 11.5 Å². The van der Waals surface area contributed by atoms with Crippen LogP contribution in [0, 0.1) is 5.92 Å². The molecule has 1 rings (SSSR count). The van der Waals surface area contributed by atoms with Crippen LogP contribution >= 0.6 is 0 Å². The highest BCUT2D eigenvalue weighted by molar-refractivity contribution is 5.74. The number of ether oxygens (including phenoxy) is 2. The Bertz CT molecular complexity index is 505. The molecule has 6 nitrogen and oxygen atoms in total. The van der Waals surface area contributed by atoms with Crippen molar-refractivity contribution in [2.45, 2.75) is 39.8 Å². The van der Waals surface area contributed by atoms with E-state index in [-0.39, 0.29) is 30.7 Å². The maximum absolute atomic E-state index is 11.9. The molecule has 0 aliphatic heterocycles. The number of urea groups is 1. The first-order valence-electron chi connectivity index (χ1n) is 7.87. The van der Waals surface area contributed by atoms with E-state index in [1.807, 2.05) is 45.9 Å². The minimum absolute atomic E-state index is 0.0311. The van der Waals surface area contributed by atoms with E-state index in [0.29, 0.717) is 18.0 Å². The van der Waals surface area contributed by atoms with E-state index in [9.17, 15) is 4.79 Å². The molecule has 0 spiro atoms. The number of carbonyl (C=O) groups is 1. The second kappa shape index (κ2) is 9.25. The molecule has 2 atom stereocenters. The van der Waals surface area contributed by atoms with Crippen molar-refractivity contribution in [2.24, 2.45) is 5.92 Å². The average Bonchev–Trinajstić information content (AvgIpc) is 2.52. The molecule has 0 bridgehead atoms. The first-order chi connectivity index (χ1) is 10.9. The Morgan fingerprint density at radius 3 is 2.48 bits per heavy atom. The molecule has 0 radical (unpaired) electrons. The SMILES string of the molecule is COc1cc(C(C)NC(=O)NCC(C)CO)ccc1OC(C)C. The van der Waals surface area contributed by atoms with Gasteiger partial charge in [0.2, 0.25) is 0 Å². The Hall–Kier alpha value is -1.95. The molecule has 130 valence electrons. The summed E-state index contributed by atoms with van der Waals surface area (Å²) < 4.78 is 11.0. The van der Waals surface area contributed by atoms with E-state index in [0.717, 1.165) is 5.56 Å². The molecule has 0 aliphatic carbocycles. The average molecular weight is 324 g/mol. The monoisotopic (exact) mass is 324 g/mol. The summed E-state index contributed by atoms with van der Waals surface area (Å²) in [6.07, 6.45) is 0.0598. The summed E-state index contributed by atoms with van der Waals surface area (Å²) in [4.78, 5) is 11.9. The van der Waals surface area contributed by atoms with Crippen LogP contribution < -0.4 is 20.1 Å². The van der Waals surface area contributed by atoms with Gasteiger partial charge in [0.25, 0.3) is 0 Å². The predicted molar refractivity (Wildman–Crippen MR) is 90.0 cm³/mol. The zero-order chi connectivity index (χ0) is 17.4. The summed E-state index contributed by atoms with van der Waals surface area (Å²) >= 11 is 0. The van der Waals surface area contributed by atoms with Gasteiger partial charge in [0.15, 0.2) is 11.5 Å². The molecule has 6 heteroatoms. The van der Waals surface area contributed by atoms with Gasteiger partial charge in [0, 0.05) is 13.2 Å². The first-order valence-corrected chi connectivity index (χ1v) is 7.87. The smallest absolute Gasteiger partial charge is 0.315 e. The lowest BCUT2D eigenvalue weighted by Gasteiger charge is -2.19. The normalized spacial score (nSPS) is 13.3. The number of rotatable bonds is 8. The van der Waals surface area contributed by atoms with E-state index in [4.69, 9.17) is 14.6 Å². The number of methoxy groups -OCH3 is 1. The van der Waals surface area contributed by atoms with Gasteiger partial charge in [-0.05, 0) is 44.4 Å². The van der Waals surface area contributed by atoms with Crippen molar-refractivity contribution in [1.82, 2.24) is 10.6 Å². The Morgan fingerprint density at radius 2 is 1.91 bits per heavy atom.